The van der Waals surface area contributed by atoms with E-state index in [2.05, 4.69) is 89.2 Å². The smallest absolute Gasteiger partial charge is 0.444 e. The van der Waals surface area contributed by atoms with Crippen LogP contribution in [0.1, 0.15) is 79.0 Å². The minimum atomic E-state index is -0.565. The Bertz CT molecular complexity index is 1260. The Labute approximate surface area is 228 Å². The van der Waals surface area contributed by atoms with Gasteiger partial charge in [0.15, 0.2) is 0 Å². The lowest BCUT2D eigenvalue weighted by molar-refractivity contribution is 0.00578. The highest BCUT2D eigenvalue weighted by Gasteiger charge is 2.51. The van der Waals surface area contributed by atoms with Crippen molar-refractivity contribution >= 4 is 29.4 Å². The highest BCUT2D eigenvalue weighted by Crippen LogP contribution is 2.36. The van der Waals surface area contributed by atoms with E-state index in [-0.39, 0.29) is 30.5 Å². The maximum Gasteiger partial charge on any atom is 0.494 e. The monoisotopic (exact) mass is 515 g/mol. The van der Waals surface area contributed by atoms with Crippen LogP contribution in [0.25, 0.3) is 10.8 Å². The van der Waals surface area contributed by atoms with Crippen LogP contribution in [0.2, 0.25) is 0 Å². The van der Waals surface area contributed by atoms with Gasteiger partial charge in [-0.1, -0.05) is 66.7 Å². The van der Waals surface area contributed by atoms with Crippen LogP contribution in [0.5, 0.6) is 0 Å². The predicted molar refractivity (Wildman–Crippen MR) is 156 cm³/mol. The number of carbonyl (C=O) groups is 1. The quantitative estimate of drug-likeness (QED) is 0.316. The third kappa shape index (κ3) is 6.24. The Hall–Kier alpha value is -2.83. The zero-order chi connectivity index (χ0) is 27.7. The van der Waals surface area contributed by atoms with E-state index in [0.717, 1.165) is 29.3 Å². The molecule has 0 aromatic heterocycles. The van der Waals surface area contributed by atoms with Crippen LogP contribution in [0.3, 0.4) is 0 Å². The van der Waals surface area contributed by atoms with Gasteiger partial charge in [-0.05, 0) is 95.6 Å². The van der Waals surface area contributed by atoms with Crippen LogP contribution >= 0.6 is 0 Å². The minimum Gasteiger partial charge on any atom is -0.444 e. The van der Waals surface area contributed by atoms with Gasteiger partial charge in [-0.25, -0.2) is 4.79 Å². The Morgan fingerprint density at radius 3 is 2.26 bits per heavy atom. The van der Waals surface area contributed by atoms with E-state index in [0.29, 0.717) is 6.54 Å². The predicted octanol–water partition coefficient (Wildman–Crippen LogP) is 7.07. The molecule has 0 saturated carbocycles. The number of fused-ring (bicyclic) bond motifs is 1. The average molecular weight is 516 g/mol. The number of hydrogen-bond donors (Lipinski definition) is 0. The number of carbonyl (C=O) groups excluding carboxylic acids is 1. The summed E-state index contributed by atoms with van der Waals surface area (Å²) >= 11 is 0. The number of benzene rings is 3. The molecule has 0 spiro atoms. The molecule has 1 atom stereocenters. The lowest BCUT2D eigenvalue weighted by atomic mass is 9.78. The first kappa shape index (κ1) is 28.2. The molecule has 1 aliphatic rings. The zero-order valence-corrected chi connectivity index (χ0v) is 24.2. The summed E-state index contributed by atoms with van der Waals surface area (Å²) in [6, 6.07) is 22.9. The molecule has 1 amide bonds. The molecule has 0 unspecified atom stereocenters. The molecule has 38 heavy (non-hydrogen) atoms. The summed E-state index contributed by atoms with van der Waals surface area (Å²) in [5, 5.41) is 2.33. The zero-order valence-electron chi connectivity index (χ0n) is 24.2. The Balaban J connectivity index is 1.50. The Morgan fingerprint density at radius 1 is 0.947 bits per heavy atom. The van der Waals surface area contributed by atoms with Crippen LogP contribution in [-0.2, 0) is 20.5 Å². The van der Waals surface area contributed by atoms with Crippen molar-refractivity contribution in [3.8, 4) is 0 Å². The number of aryl methyl sites for hydroxylation is 1. The topological polar surface area (TPSA) is 48.0 Å². The van der Waals surface area contributed by atoms with Gasteiger partial charge in [0.1, 0.15) is 5.60 Å². The second-order valence-electron chi connectivity index (χ2n) is 12.4. The molecular weight excluding hydrogens is 473 g/mol. The molecule has 3 aromatic carbocycles. The fraction of sp³-hybridized carbons (Fsp3) is 0.469. The van der Waals surface area contributed by atoms with Crippen molar-refractivity contribution in [2.45, 2.75) is 91.1 Å². The van der Waals surface area contributed by atoms with E-state index >= 15 is 0 Å². The summed E-state index contributed by atoms with van der Waals surface area (Å²) in [4.78, 5) is 15.2. The van der Waals surface area contributed by atoms with Gasteiger partial charge >= 0.3 is 13.2 Å². The van der Waals surface area contributed by atoms with E-state index in [1.54, 1.807) is 0 Å². The minimum absolute atomic E-state index is 0.132. The van der Waals surface area contributed by atoms with Crippen molar-refractivity contribution in [1.29, 1.82) is 0 Å². The molecule has 0 N–H and O–H groups in total. The lowest BCUT2D eigenvalue weighted by Crippen LogP contribution is -2.41. The van der Waals surface area contributed by atoms with Crippen LogP contribution in [0.4, 0.5) is 4.79 Å². The second-order valence-corrected chi connectivity index (χ2v) is 12.4. The molecule has 1 fully saturated rings. The summed E-state index contributed by atoms with van der Waals surface area (Å²) < 4.78 is 18.3. The fourth-order valence-electron chi connectivity index (χ4n) is 4.87. The van der Waals surface area contributed by atoms with E-state index in [1.165, 1.54) is 10.9 Å². The maximum atomic E-state index is 13.4. The van der Waals surface area contributed by atoms with Gasteiger partial charge in [0.2, 0.25) is 0 Å². The highest BCUT2D eigenvalue weighted by molar-refractivity contribution is 6.62. The van der Waals surface area contributed by atoms with Gasteiger partial charge in [0, 0.05) is 6.54 Å². The molecule has 4 rings (SSSR count). The molecule has 1 heterocycles. The summed E-state index contributed by atoms with van der Waals surface area (Å²) in [5.41, 5.74) is 2.02. The molecule has 0 aliphatic carbocycles. The van der Waals surface area contributed by atoms with Crippen molar-refractivity contribution in [2.24, 2.45) is 0 Å². The van der Waals surface area contributed by atoms with Crippen molar-refractivity contribution in [2.75, 3.05) is 6.54 Å². The molecule has 6 heteroatoms. The standard InChI is InChI=1S/C32H42BNO4/c1-23(27-20-12-17-25-16-9-10-19-28(25)27)34(29(35)36-30(2,3)4)21-13-15-24-14-11-18-26(22-24)33-37-31(5,6)32(7,8)38-33/h9-12,14,16-20,22-23H,13,15,21H2,1-8H3/t23-/m1/s1. The third-order valence-electron chi connectivity index (χ3n) is 7.71. The van der Waals surface area contributed by atoms with Crippen molar-refractivity contribution < 1.29 is 18.8 Å². The fourth-order valence-corrected chi connectivity index (χ4v) is 4.87. The first-order chi connectivity index (χ1) is 17.8. The van der Waals surface area contributed by atoms with Gasteiger partial charge in [0.25, 0.3) is 0 Å². The van der Waals surface area contributed by atoms with Gasteiger partial charge in [-0.3, -0.25) is 0 Å². The van der Waals surface area contributed by atoms with Gasteiger partial charge < -0.3 is 18.9 Å². The first-order valence-electron chi connectivity index (χ1n) is 13.7. The van der Waals surface area contributed by atoms with Crippen molar-refractivity contribution in [3.63, 3.8) is 0 Å². The second kappa shape index (κ2) is 10.7. The van der Waals surface area contributed by atoms with Crippen molar-refractivity contribution in [1.82, 2.24) is 4.90 Å². The van der Waals surface area contributed by atoms with Crippen LogP contribution in [0, 0.1) is 0 Å². The number of hydrogen-bond acceptors (Lipinski definition) is 4. The molecule has 5 nitrogen and oxygen atoms in total. The molecule has 0 bridgehead atoms. The normalized spacial score (nSPS) is 17.4. The number of amides is 1. The van der Waals surface area contributed by atoms with Crippen LogP contribution < -0.4 is 5.46 Å². The summed E-state index contributed by atoms with van der Waals surface area (Å²) in [6.45, 7) is 16.7. The summed E-state index contributed by atoms with van der Waals surface area (Å²) in [7, 11) is -0.385. The lowest BCUT2D eigenvalue weighted by Gasteiger charge is -2.32. The largest absolute Gasteiger partial charge is 0.494 e. The number of ether oxygens (including phenoxy) is 1. The van der Waals surface area contributed by atoms with Crippen LogP contribution in [-0.4, -0.2) is 41.5 Å². The number of nitrogens with zero attached hydrogens (tertiary/aromatic N) is 1. The Morgan fingerprint density at radius 2 is 1.58 bits per heavy atom. The Kier molecular flexibility index (Phi) is 7.97. The van der Waals surface area contributed by atoms with Gasteiger partial charge in [-0.15, -0.1) is 0 Å². The van der Waals surface area contributed by atoms with Gasteiger partial charge in [-0.2, -0.15) is 0 Å². The molecule has 202 valence electrons. The molecule has 0 radical (unpaired) electrons. The average Bonchev–Trinajstić information content (AvgIpc) is 3.07. The van der Waals surface area contributed by atoms with Crippen LogP contribution in [0.15, 0.2) is 66.7 Å². The van der Waals surface area contributed by atoms with Gasteiger partial charge in [0.05, 0.1) is 17.2 Å². The SMILES string of the molecule is C[C@H](c1cccc2ccccc12)N(CCCc1cccc(B2OC(C)(C)C(C)(C)O2)c1)C(=O)OC(C)(C)C. The molecule has 3 aromatic rings. The summed E-state index contributed by atoms with van der Waals surface area (Å²) in [5.74, 6) is 0. The first-order valence-corrected chi connectivity index (χ1v) is 13.7. The third-order valence-corrected chi connectivity index (χ3v) is 7.71. The molecule has 1 aliphatic heterocycles. The van der Waals surface area contributed by atoms with E-state index in [9.17, 15) is 4.79 Å². The molecule has 1 saturated heterocycles. The van der Waals surface area contributed by atoms with E-state index in [1.807, 2.05) is 37.8 Å². The molecular formula is C32H42BNO4. The maximum absolute atomic E-state index is 13.4. The van der Waals surface area contributed by atoms with E-state index in [4.69, 9.17) is 14.0 Å². The van der Waals surface area contributed by atoms with Crippen molar-refractivity contribution in [3.05, 3.63) is 77.9 Å². The summed E-state index contributed by atoms with van der Waals surface area (Å²) in [6.07, 6.45) is 1.35. The van der Waals surface area contributed by atoms with E-state index < -0.39 is 5.60 Å². The highest BCUT2D eigenvalue weighted by atomic mass is 16.7. The number of rotatable bonds is 7.